The maximum Gasteiger partial charge on any atom is 0.123 e. The van der Waals surface area contributed by atoms with E-state index in [9.17, 15) is 4.79 Å². The molecule has 1 aliphatic carbocycles. The van der Waals surface area contributed by atoms with Gasteiger partial charge in [-0.2, -0.15) is 11.8 Å². The van der Waals surface area contributed by atoms with Gasteiger partial charge in [0.25, 0.3) is 0 Å². The lowest BCUT2D eigenvalue weighted by Gasteiger charge is -2.20. The van der Waals surface area contributed by atoms with Crippen LogP contribution < -0.4 is 0 Å². The van der Waals surface area contributed by atoms with Crippen molar-refractivity contribution in [3.8, 4) is 0 Å². The first kappa shape index (κ1) is 7.66. The maximum absolute atomic E-state index is 10.4. The minimum Gasteiger partial charge on any atom is -0.303 e. The van der Waals surface area contributed by atoms with Gasteiger partial charge in [0, 0.05) is 5.92 Å². The van der Waals surface area contributed by atoms with Crippen LogP contribution in [0.1, 0.15) is 19.3 Å². The molecule has 62 valence electrons. The molecule has 2 aliphatic rings. The van der Waals surface area contributed by atoms with Crippen LogP contribution in [0.5, 0.6) is 0 Å². The summed E-state index contributed by atoms with van der Waals surface area (Å²) >= 11 is 2.06. The summed E-state index contributed by atoms with van der Waals surface area (Å²) in [6.07, 6.45) is 5.07. The minimum absolute atomic E-state index is 0.447. The molecule has 0 spiro atoms. The number of aldehydes is 1. The average molecular weight is 170 g/mol. The molecule has 0 aromatic rings. The van der Waals surface area contributed by atoms with Gasteiger partial charge in [-0.25, -0.2) is 0 Å². The smallest absolute Gasteiger partial charge is 0.123 e. The molecule has 2 atom stereocenters. The van der Waals surface area contributed by atoms with Crippen molar-refractivity contribution < 1.29 is 4.79 Å². The van der Waals surface area contributed by atoms with Crippen LogP contribution in [0.4, 0.5) is 0 Å². The Morgan fingerprint density at radius 1 is 1.27 bits per heavy atom. The molecule has 0 aromatic carbocycles. The molecule has 0 aromatic heterocycles. The summed E-state index contributed by atoms with van der Waals surface area (Å²) in [5.74, 6) is 4.78. The van der Waals surface area contributed by atoms with Gasteiger partial charge < -0.3 is 4.79 Å². The van der Waals surface area contributed by atoms with Crippen molar-refractivity contribution >= 4 is 18.0 Å². The van der Waals surface area contributed by atoms with Gasteiger partial charge in [0.15, 0.2) is 0 Å². The predicted molar refractivity (Wildman–Crippen MR) is 47.7 cm³/mol. The summed E-state index contributed by atoms with van der Waals surface area (Å²) in [5.41, 5.74) is 0. The topological polar surface area (TPSA) is 17.1 Å². The van der Waals surface area contributed by atoms with Crippen molar-refractivity contribution in [2.75, 3.05) is 11.5 Å². The Bertz CT molecular complexity index is 152. The molecule has 1 saturated heterocycles. The Labute approximate surface area is 71.9 Å². The molecular formula is C9H14OS. The molecule has 0 radical (unpaired) electrons. The van der Waals surface area contributed by atoms with Crippen LogP contribution in [0.3, 0.4) is 0 Å². The zero-order valence-corrected chi connectivity index (χ0v) is 7.48. The Hall–Kier alpha value is 0.0200. The van der Waals surface area contributed by atoms with Crippen LogP contribution >= 0.6 is 11.8 Å². The van der Waals surface area contributed by atoms with E-state index in [1.54, 1.807) is 0 Å². The Kier molecular flexibility index (Phi) is 2.21. The van der Waals surface area contributed by atoms with Gasteiger partial charge in [0.05, 0.1) is 0 Å². The monoisotopic (exact) mass is 170 g/mol. The summed E-state index contributed by atoms with van der Waals surface area (Å²) in [6, 6.07) is 0. The quantitative estimate of drug-likeness (QED) is 0.589. The van der Waals surface area contributed by atoms with Crippen molar-refractivity contribution in [3.63, 3.8) is 0 Å². The molecule has 2 heteroatoms. The fraction of sp³-hybridized carbons (Fsp3) is 0.889. The van der Waals surface area contributed by atoms with Crippen LogP contribution in [-0.4, -0.2) is 17.8 Å². The van der Waals surface area contributed by atoms with Gasteiger partial charge in [0.2, 0.25) is 0 Å². The number of rotatable bonds is 2. The van der Waals surface area contributed by atoms with E-state index in [1.807, 2.05) is 0 Å². The second-order valence-electron chi connectivity index (χ2n) is 3.65. The maximum atomic E-state index is 10.4. The molecule has 0 amide bonds. The summed E-state index contributed by atoms with van der Waals surface area (Å²) in [4.78, 5) is 10.4. The molecule has 1 aliphatic heterocycles. The largest absolute Gasteiger partial charge is 0.303 e. The van der Waals surface area contributed by atoms with Crippen molar-refractivity contribution in [1.29, 1.82) is 0 Å². The van der Waals surface area contributed by atoms with Gasteiger partial charge in [0.1, 0.15) is 6.29 Å². The van der Waals surface area contributed by atoms with Gasteiger partial charge in [-0.05, 0) is 42.6 Å². The van der Waals surface area contributed by atoms with Crippen LogP contribution in [0, 0.1) is 17.8 Å². The third kappa shape index (κ3) is 1.61. The molecular weight excluding hydrogens is 156 g/mol. The van der Waals surface area contributed by atoms with Gasteiger partial charge in [-0.15, -0.1) is 0 Å². The first-order valence-corrected chi connectivity index (χ1v) is 5.60. The highest BCUT2D eigenvalue weighted by Gasteiger charge is 2.42. The van der Waals surface area contributed by atoms with E-state index in [2.05, 4.69) is 11.8 Å². The lowest BCUT2D eigenvalue weighted by atomic mass is 9.96. The third-order valence-electron chi connectivity index (χ3n) is 2.94. The van der Waals surface area contributed by atoms with Crippen LogP contribution in [0.2, 0.25) is 0 Å². The minimum atomic E-state index is 0.447. The van der Waals surface area contributed by atoms with Crippen molar-refractivity contribution in [2.24, 2.45) is 17.8 Å². The van der Waals surface area contributed by atoms with Crippen LogP contribution in [0.15, 0.2) is 0 Å². The SMILES string of the molecule is O=C[C@H]1C[C@H]1C1CCSCC1. The van der Waals surface area contributed by atoms with Crippen molar-refractivity contribution in [1.82, 2.24) is 0 Å². The van der Waals surface area contributed by atoms with Gasteiger partial charge >= 0.3 is 0 Å². The highest BCUT2D eigenvalue weighted by Crippen LogP contribution is 2.47. The standard InChI is InChI=1S/C9H14OS/c10-6-8-5-9(8)7-1-3-11-4-2-7/h6-9H,1-5H2/t8-,9+/m1/s1. The first-order chi connectivity index (χ1) is 5.42. The molecule has 1 heterocycles. The number of thioether (sulfide) groups is 1. The van der Waals surface area contributed by atoms with E-state index in [0.29, 0.717) is 5.92 Å². The van der Waals surface area contributed by atoms with E-state index >= 15 is 0 Å². The van der Waals surface area contributed by atoms with E-state index in [-0.39, 0.29) is 0 Å². The molecule has 0 N–H and O–H groups in total. The lowest BCUT2D eigenvalue weighted by molar-refractivity contribution is -0.109. The normalized spacial score (nSPS) is 38.5. The second kappa shape index (κ2) is 3.18. The second-order valence-corrected chi connectivity index (χ2v) is 4.87. The number of carbonyl (C=O) groups excluding carboxylic acids is 1. The zero-order valence-electron chi connectivity index (χ0n) is 6.66. The van der Waals surface area contributed by atoms with E-state index in [4.69, 9.17) is 0 Å². The molecule has 0 unspecified atom stereocenters. The third-order valence-corrected chi connectivity index (χ3v) is 3.99. The van der Waals surface area contributed by atoms with Gasteiger partial charge in [-0.3, -0.25) is 0 Å². The highest BCUT2D eigenvalue weighted by molar-refractivity contribution is 7.99. The summed E-state index contributed by atoms with van der Waals surface area (Å²) in [5, 5.41) is 0. The number of carbonyl (C=O) groups is 1. The molecule has 0 bridgehead atoms. The van der Waals surface area contributed by atoms with Crippen molar-refractivity contribution in [2.45, 2.75) is 19.3 Å². The molecule has 2 rings (SSSR count). The Morgan fingerprint density at radius 3 is 2.55 bits per heavy atom. The molecule has 1 saturated carbocycles. The average Bonchev–Trinajstić information content (AvgIpc) is 2.85. The fourth-order valence-electron chi connectivity index (χ4n) is 2.08. The van der Waals surface area contributed by atoms with E-state index in [0.717, 1.165) is 18.1 Å². The number of hydrogen-bond acceptors (Lipinski definition) is 2. The molecule has 2 fully saturated rings. The van der Waals surface area contributed by atoms with Crippen LogP contribution in [-0.2, 0) is 4.79 Å². The summed E-state index contributed by atoms with van der Waals surface area (Å²) in [6.45, 7) is 0. The van der Waals surface area contributed by atoms with E-state index < -0.39 is 0 Å². The van der Waals surface area contributed by atoms with Crippen LogP contribution in [0.25, 0.3) is 0 Å². The molecule has 11 heavy (non-hydrogen) atoms. The first-order valence-electron chi connectivity index (χ1n) is 4.45. The fourth-order valence-corrected chi connectivity index (χ4v) is 3.22. The lowest BCUT2D eigenvalue weighted by Crippen LogP contribution is -2.12. The van der Waals surface area contributed by atoms with E-state index in [1.165, 1.54) is 30.8 Å². The summed E-state index contributed by atoms with van der Waals surface area (Å²) in [7, 11) is 0. The Morgan fingerprint density at radius 2 is 2.00 bits per heavy atom. The molecule has 1 nitrogen and oxygen atoms in total. The predicted octanol–water partition coefficient (Wildman–Crippen LogP) is 1.96. The number of hydrogen-bond donors (Lipinski definition) is 0. The Balaban J connectivity index is 1.81. The summed E-state index contributed by atoms with van der Waals surface area (Å²) < 4.78 is 0. The van der Waals surface area contributed by atoms with Gasteiger partial charge in [-0.1, -0.05) is 0 Å². The highest BCUT2D eigenvalue weighted by atomic mass is 32.2. The zero-order chi connectivity index (χ0) is 7.68. The van der Waals surface area contributed by atoms with Crippen molar-refractivity contribution in [3.05, 3.63) is 0 Å².